The molecule has 1 aliphatic heterocycles. The van der Waals surface area contributed by atoms with E-state index in [-0.39, 0.29) is 17.6 Å². The molecule has 20 heavy (non-hydrogen) atoms. The summed E-state index contributed by atoms with van der Waals surface area (Å²) in [4.78, 5) is 14.1. The van der Waals surface area contributed by atoms with Crippen molar-refractivity contribution in [2.75, 3.05) is 25.9 Å². The van der Waals surface area contributed by atoms with Crippen LogP contribution in [0.15, 0.2) is 12.1 Å². The molecule has 0 spiro atoms. The summed E-state index contributed by atoms with van der Waals surface area (Å²) in [5.41, 5.74) is 6.55. The van der Waals surface area contributed by atoms with E-state index in [4.69, 9.17) is 10.5 Å². The standard InChI is InChI=1S/C15H21FN2O2/c1-9-4-5-18(8-13(9)20-3)15(19)12-7-11(17)6-10(2)14(12)16/h6-7,9,13H,4-5,8,17H2,1-3H3. The van der Waals surface area contributed by atoms with Crippen molar-refractivity contribution in [3.8, 4) is 0 Å². The van der Waals surface area contributed by atoms with Gasteiger partial charge in [-0.05, 0) is 37.0 Å². The zero-order chi connectivity index (χ0) is 14.9. The number of piperidine rings is 1. The van der Waals surface area contributed by atoms with Gasteiger partial charge in [-0.25, -0.2) is 4.39 Å². The number of nitrogens with zero attached hydrogens (tertiary/aromatic N) is 1. The van der Waals surface area contributed by atoms with Gasteiger partial charge < -0.3 is 15.4 Å². The molecule has 2 N–H and O–H groups in total. The normalized spacial score (nSPS) is 22.9. The van der Waals surface area contributed by atoms with E-state index in [2.05, 4.69) is 6.92 Å². The van der Waals surface area contributed by atoms with E-state index in [1.165, 1.54) is 12.1 Å². The largest absolute Gasteiger partial charge is 0.399 e. The molecule has 2 rings (SSSR count). The number of anilines is 1. The summed E-state index contributed by atoms with van der Waals surface area (Å²) in [6.07, 6.45) is 0.852. The van der Waals surface area contributed by atoms with Crippen molar-refractivity contribution < 1.29 is 13.9 Å². The van der Waals surface area contributed by atoms with E-state index >= 15 is 0 Å². The lowest BCUT2D eigenvalue weighted by molar-refractivity contribution is -0.00172. The van der Waals surface area contributed by atoms with Crippen LogP contribution in [-0.4, -0.2) is 37.1 Å². The number of hydrogen-bond donors (Lipinski definition) is 1. The fourth-order valence-electron chi connectivity index (χ4n) is 2.65. The molecule has 0 bridgehead atoms. The number of aryl methyl sites for hydroxylation is 1. The van der Waals surface area contributed by atoms with Crippen LogP contribution in [-0.2, 0) is 4.74 Å². The monoisotopic (exact) mass is 280 g/mol. The molecule has 110 valence electrons. The summed E-state index contributed by atoms with van der Waals surface area (Å²) in [7, 11) is 1.64. The van der Waals surface area contributed by atoms with E-state index in [9.17, 15) is 9.18 Å². The van der Waals surface area contributed by atoms with Gasteiger partial charge in [0.05, 0.1) is 11.7 Å². The Labute approximate surface area is 118 Å². The number of nitrogen functional groups attached to an aromatic ring is 1. The van der Waals surface area contributed by atoms with Crippen LogP contribution in [0.3, 0.4) is 0 Å². The topological polar surface area (TPSA) is 55.6 Å². The highest BCUT2D eigenvalue weighted by Crippen LogP contribution is 2.24. The van der Waals surface area contributed by atoms with Gasteiger partial charge in [0, 0.05) is 25.9 Å². The zero-order valence-corrected chi connectivity index (χ0v) is 12.1. The summed E-state index contributed by atoms with van der Waals surface area (Å²) in [6.45, 7) is 4.82. The van der Waals surface area contributed by atoms with Crippen LogP contribution in [0, 0.1) is 18.7 Å². The van der Waals surface area contributed by atoms with Gasteiger partial charge in [-0.3, -0.25) is 4.79 Å². The van der Waals surface area contributed by atoms with Crippen molar-refractivity contribution in [3.05, 3.63) is 29.1 Å². The molecule has 4 nitrogen and oxygen atoms in total. The summed E-state index contributed by atoms with van der Waals surface area (Å²) in [5, 5.41) is 0. The van der Waals surface area contributed by atoms with E-state index in [1.54, 1.807) is 18.9 Å². The molecule has 1 heterocycles. The summed E-state index contributed by atoms with van der Waals surface area (Å²) in [6, 6.07) is 2.94. The van der Waals surface area contributed by atoms with Gasteiger partial charge >= 0.3 is 0 Å². The predicted octanol–water partition coefficient (Wildman–Crippen LogP) is 2.21. The number of halogens is 1. The average molecular weight is 280 g/mol. The van der Waals surface area contributed by atoms with Crippen molar-refractivity contribution in [1.82, 2.24) is 4.90 Å². The van der Waals surface area contributed by atoms with Crippen molar-refractivity contribution in [2.24, 2.45) is 5.92 Å². The highest BCUT2D eigenvalue weighted by molar-refractivity contribution is 5.95. The Balaban J connectivity index is 2.24. The van der Waals surface area contributed by atoms with Gasteiger partial charge in [0.1, 0.15) is 5.82 Å². The lowest BCUT2D eigenvalue weighted by Crippen LogP contribution is -2.46. The number of rotatable bonds is 2. The third kappa shape index (κ3) is 2.77. The van der Waals surface area contributed by atoms with Gasteiger partial charge in [0.25, 0.3) is 5.91 Å². The van der Waals surface area contributed by atoms with Gasteiger partial charge in [-0.1, -0.05) is 6.92 Å². The summed E-state index contributed by atoms with van der Waals surface area (Å²) in [5.74, 6) is -0.403. The molecule has 0 aliphatic carbocycles. The van der Waals surface area contributed by atoms with Crippen LogP contribution in [0.1, 0.15) is 29.3 Å². The molecule has 1 saturated heterocycles. The summed E-state index contributed by atoms with van der Waals surface area (Å²) < 4.78 is 19.5. The second-order valence-electron chi connectivity index (χ2n) is 5.49. The smallest absolute Gasteiger partial charge is 0.257 e. The maximum absolute atomic E-state index is 14.1. The maximum Gasteiger partial charge on any atom is 0.257 e. The van der Waals surface area contributed by atoms with E-state index in [0.717, 1.165) is 6.42 Å². The Morgan fingerprint density at radius 2 is 2.20 bits per heavy atom. The van der Waals surface area contributed by atoms with Gasteiger partial charge in [-0.15, -0.1) is 0 Å². The number of carbonyl (C=O) groups excluding carboxylic acids is 1. The number of hydrogen-bond acceptors (Lipinski definition) is 3. The first-order valence-corrected chi connectivity index (χ1v) is 6.81. The first kappa shape index (κ1) is 14.8. The SMILES string of the molecule is COC1CN(C(=O)c2cc(N)cc(C)c2F)CCC1C. The Bertz CT molecular complexity index is 519. The average Bonchev–Trinajstić information content (AvgIpc) is 2.42. The number of methoxy groups -OCH3 is 1. The van der Waals surface area contributed by atoms with Crippen LogP contribution in [0.2, 0.25) is 0 Å². The van der Waals surface area contributed by atoms with Crippen molar-refractivity contribution >= 4 is 11.6 Å². The predicted molar refractivity (Wildman–Crippen MR) is 76.0 cm³/mol. The van der Waals surface area contributed by atoms with Crippen molar-refractivity contribution in [1.29, 1.82) is 0 Å². The number of likely N-dealkylation sites (tertiary alicyclic amines) is 1. The lowest BCUT2D eigenvalue weighted by atomic mass is 9.95. The Kier molecular flexibility index (Phi) is 4.28. The van der Waals surface area contributed by atoms with Gasteiger partial charge in [0.15, 0.2) is 0 Å². The fraction of sp³-hybridized carbons (Fsp3) is 0.533. The minimum Gasteiger partial charge on any atom is -0.399 e. The van der Waals surface area contributed by atoms with Crippen molar-refractivity contribution in [3.63, 3.8) is 0 Å². The molecular formula is C15H21FN2O2. The first-order chi connectivity index (χ1) is 9.43. The number of benzene rings is 1. The molecule has 1 fully saturated rings. The third-order valence-electron chi connectivity index (χ3n) is 3.99. The molecule has 0 aromatic heterocycles. The number of nitrogens with two attached hydrogens (primary N) is 1. The minimum atomic E-state index is -0.489. The molecule has 0 saturated carbocycles. The Hall–Kier alpha value is -1.62. The van der Waals surface area contributed by atoms with E-state index in [1.807, 2.05) is 0 Å². The van der Waals surface area contributed by atoms with Crippen LogP contribution >= 0.6 is 0 Å². The third-order valence-corrected chi connectivity index (χ3v) is 3.99. The van der Waals surface area contributed by atoms with E-state index in [0.29, 0.717) is 30.3 Å². The molecule has 5 heteroatoms. The van der Waals surface area contributed by atoms with Gasteiger partial charge in [-0.2, -0.15) is 0 Å². The second-order valence-corrected chi connectivity index (χ2v) is 5.49. The highest BCUT2D eigenvalue weighted by atomic mass is 19.1. The number of ether oxygens (including phenoxy) is 1. The van der Waals surface area contributed by atoms with Crippen LogP contribution in [0.5, 0.6) is 0 Å². The molecular weight excluding hydrogens is 259 g/mol. The Morgan fingerprint density at radius 3 is 2.85 bits per heavy atom. The van der Waals surface area contributed by atoms with Gasteiger partial charge in [0.2, 0.25) is 0 Å². The number of carbonyl (C=O) groups is 1. The highest BCUT2D eigenvalue weighted by Gasteiger charge is 2.30. The fourth-order valence-corrected chi connectivity index (χ4v) is 2.65. The molecule has 1 aliphatic rings. The quantitative estimate of drug-likeness (QED) is 0.845. The number of amides is 1. The molecule has 1 amide bonds. The maximum atomic E-state index is 14.1. The second kappa shape index (κ2) is 5.79. The zero-order valence-electron chi connectivity index (χ0n) is 12.1. The van der Waals surface area contributed by atoms with E-state index < -0.39 is 5.82 Å². The summed E-state index contributed by atoms with van der Waals surface area (Å²) >= 11 is 0. The van der Waals surface area contributed by atoms with Crippen LogP contribution in [0.25, 0.3) is 0 Å². The molecule has 2 unspecified atom stereocenters. The minimum absolute atomic E-state index is 0.00193. The Morgan fingerprint density at radius 1 is 1.50 bits per heavy atom. The van der Waals surface area contributed by atoms with Crippen molar-refractivity contribution in [2.45, 2.75) is 26.4 Å². The lowest BCUT2D eigenvalue weighted by Gasteiger charge is -2.36. The molecule has 0 radical (unpaired) electrons. The van der Waals surface area contributed by atoms with Crippen LogP contribution < -0.4 is 5.73 Å². The molecule has 2 atom stereocenters. The molecule has 1 aromatic carbocycles. The van der Waals surface area contributed by atoms with Crippen LogP contribution in [0.4, 0.5) is 10.1 Å². The molecule has 1 aromatic rings. The first-order valence-electron chi connectivity index (χ1n) is 6.81.